The first-order valence-corrected chi connectivity index (χ1v) is 16.1. The van der Waals surface area contributed by atoms with Crippen molar-refractivity contribution in [3.63, 3.8) is 0 Å². The Morgan fingerprint density at radius 3 is 2.48 bits per heavy atom. The molecule has 0 radical (unpaired) electrons. The molecule has 1 aliphatic rings. The Morgan fingerprint density at radius 1 is 1.27 bits per heavy atom. The average Bonchev–Trinajstić information content (AvgIpc) is 3.57. The van der Waals surface area contributed by atoms with Gasteiger partial charge in [0, 0.05) is 25.2 Å². The lowest BCUT2D eigenvalue weighted by Gasteiger charge is -2.50. The van der Waals surface area contributed by atoms with E-state index in [0.29, 0.717) is 16.3 Å². The van der Waals surface area contributed by atoms with E-state index in [4.69, 9.17) is 31.0 Å². The number of rotatable bonds is 15. The average molecular weight is 712 g/mol. The number of β-lactam (4-membered cyclic amide) rings is 1. The molecule has 0 saturated carbocycles. The van der Waals surface area contributed by atoms with Crippen molar-refractivity contribution in [2.75, 3.05) is 18.9 Å². The zero-order chi connectivity index (χ0) is 35.6. The molecule has 1 saturated heterocycles. The third-order valence-corrected chi connectivity index (χ3v) is 8.12. The topological polar surface area (TPSA) is 300 Å². The van der Waals surface area contributed by atoms with Crippen LogP contribution in [0.25, 0.3) is 11.3 Å². The molecule has 3 atom stereocenters. The second kappa shape index (κ2) is 14.1. The summed E-state index contributed by atoms with van der Waals surface area (Å²) in [6.07, 6.45) is -0.849. The second-order valence-corrected chi connectivity index (χ2v) is 12.8. The smallest absolute Gasteiger partial charge is 0.418 e. The van der Waals surface area contributed by atoms with Gasteiger partial charge in [0.05, 0.1) is 23.9 Å². The fourth-order valence-corrected chi connectivity index (χ4v) is 5.49. The number of hydrogen-bond donors (Lipinski definition) is 7. The lowest BCUT2D eigenvalue weighted by Crippen LogP contribution is -2.76. The molecule has 1 aromatic carbocycles. The fourth-order valence-electron chi connectivity index (χ4n) is 4.49. The van der Waals surface area contributed by atoms with Gasteiger partial charge in [-0.3, -0.25) is 19.6 Å². The minimum absolute atomic E-state index is 0.0390. The maximum absolute atomic E-state index is 13.2. The Bertz CT molecular complexity index is 1880. The quantitative estimate of drug-likeness (QED) is 0.0405. The summed E-state index contributed by atoms with van der Waals surface area (Å²) in [5.41, 5.74) is 10.6. The van der Waals surface area contributed by atoms with E-state index < -0.39 is 64.3 Å². The lowest BCUT2D eigenvalue weighted by molar-refractivity contribution is -0.218. The van der Waals surface area contributed by atoms with E-state index in [1.165, 1.54) is 19.2 Å². The number of thiazole rings is 1. The number of aromatic nitrogens is 3. The second-order valence-electron chi connectivity index (χ2n) is 10.9. The highest BCUT2D eigenvalue weighted by atomic mass is 32.3. The van der Waals surface area contributed by atoms with Gasteiger partial charge in [-0.2, -0.15) is 13.5 Å². The number of nitrogens with one attached hydrogen (secondary N) is 2. The molecule has 1 fully saturated rings. The van der Waals surface area contributed by atoms with Crippen LogP contribution in [0.2, 0.25) is 0 Å². The SMILES string of the molecule is Cn1c(-c2ccc(OC[C@H](O/N=C(\C(=O)N[C@@H]3C(=O)N(OS(=O)(=O)O)C3(C)C)c3csc(N)n3)C(=O)O)cc2)cn(CC(O)CN)c1=N. The number of carboxylic acids is 1. The van der Waals surface area contributed by atoms with Gasteiger partial charge in [0.15, 0.2) is 10.8 Å². The number of aliphatic hydroxyl groups is 1. The first-order valence-electron chi connectivity index (χ1n) is 13.8. The number of nitrogens with two attached hydrogens (primary N) is 2. The van der Waals surface area contributed by atoms with E-state index in [1.807, 2.05) is 0 Å². The van der Waals surface area contributed by atoms with E-state index in [-0.39, 0.29) is 35.3 Å². The number of hydroxylamine groups is 2. The molecular weight excluding hydrogens is 678 g/mol. The Morgan fingerprint density at radius 2 is 1.94 bits per heavy atom. The van der Waals surface area contributed by atoms with Crippen LogP contribution in [0, 0.1) is 5.41 Å². The zero-order valence-corrected chi connectivity index (χ0v) is 27.3. The summed E-state index contributed by atoms with van der Waals surface area (Å²) in [5, 5.41) is 35.7. The molecule has 1 unspecified atom stereocenters. The number of oxime groups is 1. The van der Waals surface area contributed by atoms with Crippen molar-refractivity contribution >= 4 is 50.4 Å². The molecule has 2 aromatic heterocycles. The number of nitrogens with zero attached hydrogens (tertiary/aromatic N) is 5. The molecule has 2 amide bonds. The third-order valence-electron chi connectivity index (χ3n) is 7.11. The van der Waals surface area contributed by atoms with Gasteiger partial charge in [-0.05, 0) is 43.7 Å². The van der Waals surface area contributed by atoms with E-state index in [0.717, 1.165) is 11.3 Å². The lowest BCUT2D eigenvalue weighted by atomic mass is 9.84. The van der Waals surface area contributed by atoms with Gasteiger partial charge in [0.1, 0.15) is 24.1 Å². The molecule has 1 aliphatic heterocycles. The number of amides is 2. The number of imidazole rings is 1. The zero-order valence-electron chi connectivity index (χ0n) is 25.6. The number of hydrogen-bond acceptors (Lipinski definition) is 15. The number of ether oxygens (including phenoxy) is 1. The minimum Gasteiger partial charge on any atom is -0.489 e. The van der Waals surface area contributed by atoms with Crippen molar-refractivity contribution in [1.82, 2.24) is 24.5 Å². The summed E-state index contributed by atoms with van der Waals surface area (Å²) in [6.45, 7) is 2.32. The maximum atomic E-state index is 13.2. The molecule has 20 nitrogen and oxygen atoms in total. The van der Waals surface area contributed by atoms with Gasteiger partial charge < -0.3 is 45.7 Å². The number of carbonyl (C=O) groups excluding carboxylic acids is 2. The van der Waals surface area contributed by atoms with Crippen LogP contribution < -0.4 is 27.1 Å². The summed E-state index contributed by atoms with van der Waals surface area (Å²) in [7, 11) is -3.34. The molecular formula is C26H33N9O11S2. The van der Waals surface area contributed by atoms with Crippen molar-refractivity contribution in [3.05, 3.63) is 47.2 Å². The molecule has 260 valence electrons. The van der Waals surface area contributed by atoms with Gasteiger partial charge in [-0.15, -0.1) is 15.6 Å². The van der Waals surface area contributed by atoms with E-state index in [1.54, 1.807) is 46.6 Å². The van der Waals surface area contributed by atoms with Crippen LogP contribution in [-0.2, 0) is 47.5 Å². The van der Waals surface area contributed by atoms with E-state index in [9.17, 15) is 33.0 Å². The van der Waals surface area contributed by atoms with Gasteiger partial charge in [0.25, 0.3) is 17.9 Å². The molecule has 3 heterocycles. The molecule has 3 aromatic rings. The molecule has 0 aliphatic carbocycles. The van der Waals surface area contributed by atoms with Gasteiger partial charge >= 0.3 is 16.4 Å². The van der Waals surface area contributed by atoms with Gasteiger partial charge in [-0.1, -0.05) is 5.16 Å². The Labute approximate surface area is 276 Å². The summed E-state index contributed by atoms with van der Waals surface area (Å²) < 4.78 is 44.2. The standard InChI is InChI=1S/C26H33N9O11S2/c1-26(2)20(22(38)35(26)46-48(41,42)43)31-21(37)19(16-12-47-24(28)30-16)32-45-18(23(39)40)11-44-15-6-4-13(5-7-15)17-10-34(9-14(36)8-27)25(29)33(17)3/h4-7,10,12,14,18,20,29,36H,8-9,11,27H2,1-3H3,(H2,28,30)(H,31,37)(H,39,40)(H,41,42,43)/b29-25?,32-19-/t14?,18-,20+/m0/s1. The molecule has 9 N–H and O–H groups in total. The number of aliphatic carboxylic acids is 1. The Kier molecular flexibility index (Phi) is 10.6. The van der Waals surface area contributed by atoms with Crippen molar-refractivity contribution in [3.8, 4) is 17.0 Å². The van der Waals surface area contributed by atoms with Crippen LogP contribution in [0.3, 0.4) is 0 Å². The number of carbonyl (C=O) groups is 3. The van der Waals surface area contributed by atoms with Crippen LogP contribution in [0.1, 0.15) is 19.5 Å². The maximum Gasteiger partial charge on any atom is 0.418 e. The van der Waals surface area contributed by atoms with Crippen molar-refractivity contribution in [2.24, 2.45) is 17.9 Å². The van der Waals surface area contributed by atoms with Crippen LogP contribution >= 0.6 is 11.3 Å². The Balaban J connectivity index is 1.46. The summed E-state index contributed by atoms with van der Waals surface area (Å²) >= 11 is 0.940. The summed E-state index contributed by atoms with van der Waals surface area (Å²) in [6, 6.07) is 5.15. The molecule has 48 heavy (non-hydrogen) atoms. The first kappa shape index (κ1) is 36.0. The fraction of sp³-hybridized carbons (Fsp3) is 0.385. The largest absolute Gasteiger partial charge is 0.489 e. The minimum atomic E-state index is -5.03. The molecule has 4 rings (SSSR count). The summed E-state index contributed by atoms with van der Waals surface area (Å²) in [5.74, 6) is -3.29. The number of anilines is 1. The third kappa shape index (κ3) is 7.98. The Hall–Kier alpha value is -4.87. The number of carboxylic acid groups (broad SMARTS) is 1. The number of nitrogen functional groups attached to an aromatic ring is 1. The predicted octanol–water partition coefficient (Wildman–Crippen LogP) is -1.58. The molecule has 0 spiro atoms. The highest BCUT2D eigenvalue weighted by Gasteiger charge is 2.58. The monoisotopic (exact) mass is 711 g/mol. The highest BCUT2D eigenvalue weighted by Crippen LogP contribution is 2.33. The number of benzene rings is 1. The first-order chi connectivity index (χ1) is 22.4. The van der Waals surface area contributed by atoms with Crippen LogP contribution in [0.5, 0.6) is 5.75 Å². The van der Waals surface area contributed by atoms with Crippen LogP contribution in [0.4, 0.5) is 5.13 Å². The van der Waals surface area contributed by atoms with E-state index >= 15 is 0 Å². The van der Waals surface area contributed by atoms with Gasteiger partial charge in [0.2, 0.25) is 5.62 Å². The highest BCUT2D eigenvalue weighted by molar-refractivity contribution is 7.80. The molecule has 0 bridgehead atoms. The summed E-state index contributed by atoms with van der Waals surface area (Å²) in [4.78, 5) is 46.8. The number of aliphatic hydroxyl groups excluding tert-OH is 1. The van der Waals surface area contributed by atoms with E-state index in [2.05, 4.69) is 19.7 Å². The molecule has 22 heteroatoms. The van der Waals surface area contributed by atoms with Crippen LogP contribution in [0.15, 0.2) is 41.0 Å². The van der Waals surface area contributed by atoms with Crippen LogP contribution in [-0.4, -0.2) is 103 Å². The van der Waals surface area contributed by atoms with Crippen molar-refractivity contribution in [1.29, 1.82) is 5.41 Å². The van der Waals surface area contributed by atoms with Crippen molar-refractivity contribution < 1.29 is 51.4 Å². The normalized spacial score (nSPS) is 17.4. The van der Waals surface area contributed by atoms with Gasteiger partial charge in [-0.25, -0.2) is 9.78 Å². The van der Waals surface area contributed by atoms with Crippen molar-refractivity contribution in [2.45, 2.75) is 44.2 Å². The predicted molar refractivity (Wildman–Crippen MR) is 166 cm³/mol.